The Morgan fingerprint density at radius 1 is 1.03 bits per heavy atom. The van der Waals surface area contributed by atoms with E-state index in [0.717, 1.165) is 21.9 Å². The fourth-order valence-electron chi connectivity index (χ4n) is 3.28. The predicted octanol–water partition coefficient (Wildman–Crippen LogP) is 5.51. The van der Waals surface area contributed by atoms with Crippen molar-refractivity contribution in [2.75, 3.05) is 23.3 Å². The lowest BCUT2D eigenvalue weighted by Crippen LogP contribution is -2.39. The summed E-state index contributed by atoms with van der Waals surface area (Å²) >= 11 is 0. The highest BCUT2D eigenvalue weighted by Gasteiger charge is 2.40. The van der Waals surface area contributed by atoms with E-state index in [1.807, 2.05) is 0 Å². The van der Waals surface area contributed by atoms with E-state index in [9.17, 15) is 27.2 Å². The third kappa shape index (κ3) is 4.71. The second-order valence-electron chi connectivity index (χ2n) is 6.96. The Labute approximate surface area is 185 Å². The number of imide groups is 1. The zero-order valence-electron chi connectivity index (χ0n) is 16.8. The number of carbonyl (C=O) groups is 2. The molecule has 1 fully saturated rings. The van der Waals surface area contributed by atoms with Crippen LogP contribution in [0.2, 0.25) is 0 Å². The van der Waals surface area contributed by atoms with Crippen LogP contribution in [0.25, 0.3) is 0 Å². The van der Waals surface area contributed by atoms with Crippen LogP contribution < -0.4 is 15.0 Å². The van der Waals surface area contributed by atoms with Gasteiger partial charge in [0.15, 0.2) is 11.6 Å². The van der Waals surface area contributed by atoms with Gasteiger partial charge in [-0.2, -0.15) is 13.2 Å². The summed E-state index contributed by atoms with van der Waals surface area (Å²) in [6.07, 6.45) is -1.71. The first-order chi connectivity index (χ1) is 15.7. The zero-order chi connectivity index (χ0) is 23.6. The van der Waals surface area contributed by atoms with E-state index >= 15 is 0 Å². The monoisotopic (exact) mass is 460 g/mol. The number of benzene rings is 2. The van der Waals surface area contributed by atoms with Crippen LogP contribution in [0.5, 0.6) is 11.5 Å². The van der Waals surface area contributed by atoms with Gasteiger partial charge < -0.3 is 10.1 Å². The molecule has 0 unspecified atom stereocenters. The summed E-state index contributed by atoms with van der Waals surface area (Å²) in [6.45, 7) is -0.255. The van der Waals surface area contributed by atoms with Gasteiger partial charge >= 0.3 is 18.2 Å². The number of nitrogens with zero attached hydrogens (tertiary/aromatic N) is 3. The number of urea groups is 2. The average Bonchev–Trinajstić information content (AvgIpc) is 3.17. The minimum absolute atomic E-state index is 0.0431. The molecule has 2 aromatic carbocycles. The van der Waals surface area contributed by atoms with Crippen molar-refractivity contribution in [3.63, 3.8) is 0 Å². The van der Waals surface area contributed by atoms with Gasteiger partial charge in [-0.15, -0.1) is 0 Å². The highest BCUT2D eigenvalue weighted by molar-refractivity contribution is 6.08. The number of hydrogen-bond acceptors (Lipinski definition) is 4. The number of hydrogen-bond donors (Lipinski definition) is 1. The van der Waals surface area contributed by atoms with E-state index in [0.29, 0.717) is 5.75 Å². The van der Waals surface area contributed by atoms with Gasteiger partial charge in [-0.05, 0) is 36.4 Å². The number of para-hydroxylation sites is 1. The van der Waals surface area contributed by atoms with E-state index in [1.54, 1.807) is 0 Å². The minimum atomic E-state index is -4.66. The lowest BCUT2D eigenvalue weighted by atomic mass is 10.1. The van der Waals surface area contributed by atoms with Gasteiger partial charge in [0, 0.05) is 30.7 Å². The number of halogens is 4. The van der Waals surface area contributed by atoms with E-state index in [2.05, 4.69) is 10.3 Å². The van der Waals surface area contributed by atoms with Crippen molar-refractivity contribution in [1.82, 2.24) is 9.88 Å². The first kappa shape index (κ1) is 22.1. The van der Waals surface area contributed by atoms with Crippen LogP contribution in [-0.2, 0) is 6.18 Å². The summed E-state index contributed by atoms with van der Waals surface area (Å²) in [6, 6.07) is 9.56. The molecule has 2 heterocycles. The second kappa shape index (κ2) is 8.77. The van der Waals surface area contributed by atoms with E-state index in [4.69, 9.17) is 4.74 Å². The quantitative estimate of drug-likeness (QED) is 0.522. The highest BCUT2D eigenvalue weighted by atomic mass is 19.4. The van der Waals surface area contributed by atoms with Crippen LogP contribution in [-0.4, -0.2) is 35.0 Å². The molecule has 0 atom stereocenters. The topological polar surface area (TPSA) is 74.8 Å². The molecule has 3 aromatic rings. The van der Waals surface area contributed by atoms with Gasteiger partial charge in [-0.1, -0.05) is 12.1 Å². The van der Waals surface area contributed by atoms with Crippen LogP contribution in [0, 0.1) is 5.82 Å². The number of ether oxygens (including phenoxy) is 1. The molecule has 1 aliphatic heterocycles. The van der Waals surface area contributed by atoms with Crippen molar-refractivity contribution in [2.45, 2.75) is 6.18 Å². The maximum atomic E-state index is 14.4. The van der Waals surface area contributed by atoms with E-state index in [1.165, 1.54) is 54.9 Å². The van der Waals surface area contributed by atoms with Crippen LogP contribution in [0.4, 0.5) is 38.5 Å². The van der Waals surface area contributed by atoms with Crippen molar-refractivity contribution < 1.29 is 31.9 Å². The molecule has 1 N–H and O–H groups in total. The molecular formula is C22H16F4N4O3. The third-order valence-corrected chi connectivity index (χ3v) is 4.82. The molecule has 7 nitrogen and oxygen atoms in total. The molecule has 33 heavy (non-hydrogen) atoms. The Morgan fingerprint density at radius 3 is 2.45 bits per heavy atom. The molecule has 1 aromatic heterocycles. The fraction of sp³-hybridized carbons (Fsp3) is 0.136. The Kier molecular flexibility index (Phi) is 5.86. The first-order valence-corrected chi connectivity index (χ1v) is 9.68. The van der Waals surface area contributed by atoms with Gasteiger partial charge in [0.05, 0.1) is 17.8 Å². The van der Waals surface area contributed by atoms with Crippen LogP contribution >= 0.6 is 0 Å². The minimum Gasteiger partial charge on any atom is -0.454 e. The van der Waals surface area contributed by atoms with Crippen molar-refractivity contribution in [3.8, 4) is 11.5 Å². The van der Waals surface area contributed by atoms with Gasteiger partial charge in [-0.25, -0.2) is 18.9 Å². The zero-order valence-corrected chi connectivity index (χ0v) is 16.8. The number of anilines is 2. The number of pyridine rings is 1. The smallest absolute Gasteiger partial charge is 0.418 e. The Morgan fingerprint density at radius 2 is 1.76 bits per heavy atom. The number of nitrogens with one attached hydrogen (secondary N) is 1. The van der Waals surface area contributed by atoms with Gasteiger partial charge in [0.2, 0.25) is 0 Å². The summed E-state index contributed by atoms with van der Waals surface area (Å²) in [5, 5.41) is 2.37. The Bertz CT molecular complexity index is 1190. The van der Waals surface area contributed by atoms with Crippen molar-refractivity contribution >= 4 is 23.4 Å². The highest BCUT2D eigenvalue weighted by Crippen LogP contribution is 2.37. The second-order valence-corrected chi connectivity index (χ2v) is 6.96. The Hall–Kier alpha value is -4.15. The number of rotatable bonds is 4. The van der Waals surface area contributed by atoms with Crippen molar-refractivity contribution in [3.05, 3.63) is 78.4 Å². The molecule has 4 amide bonds. The molecule has 1 aliphatic rings. The Balaban J connectivity index is 1.46. The number of alkyl halides is 3. The molecule has 0 spiro atoms. The summed E-state index contributed by atoms with van der Waals surface area (Å²) < 4.78 is 59.7. The molecule has 0 bridgehead atoms. The summed E-state index contributed by atoms with van der Waals surface area (Å²) in [5.41, 5.74) is -1.28. The standard InChI is InChI=1S/C22H16F4N4O3/c23-17-13-14(5-6-19(17)33-15-7-9-27-10-8-15)28-20(31)30-12-11-29(21(30)32)18-4-2-1-3-16(18)22(24,25)26/h1-10,13H,11-12H2,(H,28,31). The summed E-state index contributed by atoms with van der Waals surface area (Å²) in [4.78, 5) is 30.7. The van der Waals surface area contributed by atoms with Crippen LogP contribution in [0.15, 0.2) is 67.0 Å². The summed E-state index contributed by atoms with van der Waals surface area (Å²) in [7, 11) is 0. The van der Waals surface area contributed by atoms with Gasteiger partial charge in [0.1, 0.15) is 5.75 Å². The van der Waals surface area contributed by atoms with Crippen LogP contribution in [0.3, 0.4) is 0 Å². The SMILES string of the molecule is O=C(Nc1ccc(Oc2ccncc2)c(F)c1)N1CCN(c2ccccc2C(F)(F)F)C1=O. The number of carbonyl (C=O) groups excluding carboxylic acids is 2. The fourth-order valence-corrected chi connectivity index (χ4v) is 3.28. The van der Waals surface area contributed by atoms with E-state index < -0.39 is 29.6 Å². The predicted molar refractivity (Wildman–Crippen MR) is 111 cm³/mol. The molecule has 0 radical (unpaired) electrons. The van der Waals surface area contributed by atoms with E-state index in [-0.39, 0.29) is 30.2 Å². The number of amides is 4. The van der Waals surface area contributed by atoms with Crippen molar-refractivity contribution in [2.24, 2.45) is 0 Å². The third-order valence-electron chi connectivity index (χ3n) is 4.82. The van der Waals surface area contributed by atoms with Crippen molar-refractivity contribution in [1.29, 1.82) is 0 Å². The van der Waals surface area contributed by atoms with Gasteiger partial charge in [-0.3, -0.25) is 9.88 Å². The maximum Gasteiger partial charge on any atom is 0.418 e. The molecule has 170 valence electrons. The average molecular weight is 460 g/mol. The molecule has 0 aliphatic carbocycles. The summed E-state index contributed by atoms with van der Waals surface area (Å²) in [5.74, 6) is -0.493. The lowest BCUT2D eigenvalue weighted by molar-refractivity contribution is -0.137. The largest absolute Gasteiger partial charge is 0.454 e. The molecule has 11 heteroatoms. The molecule has 0 saturated carbocycles. The molecule has 4 rings (SSSR count). The normalized spacial score (nSPS) is 13.9. The number of aromatic nitrogens is 1. The van der Waals surface area contributed by atoms with Gasteiger partial charge in [0.25, 0.3) is 0 Å². The lowest BCUT2D eigenvalue weighted by Gasteiger charge is -2.21. The van der Waals surface area contributed by atoms with Crippen LogP contribution in [0.1, 0.15) is 5.56 Å². The maximum absolute atomic E-state index is 14.4. The molecular weight excluding hydrogens is 444 g/mol. The molecule has 1 saturated heterocycles. The first-order valence-electron chi connectivity index (χ1n) is 9.68.